The Morgan fingerprint density at radius 2 is 1.79 bits per heavy atom. The van der Waals surface area contributed by atoms with Crippen molar-refractivity contribution in [1.29, 1.82) is 0 Å². The lowest BCUT2D eigenvalue weighted by Gasteiger charge is -2.24. The molecule has 0 aliphatic heterocycles. The van der Waals surface area contributed by atoms with Crippen molar-refractivity contribution in [3.63, 3.8) is 0 Å². The van der Waals surface area contributed by atoms with Crippen LogP contribution in [0, 0.1) is 0 Å². The summed E-state index contributed by atoms with van der Waals surface area (Å²) in [4.78, 5) is 2.37. The third-order valence-corrected chi connectivity index (χ3v) is 2.90. The molecule has 0 atom stereocenters. The van der Waals surface area contributed by atoms with E-state index in [0.717, 1.165) is 38.2 Å². The Bertz CT molecular complexity index is 327. The van der Waals surface area contributed by atoms with Gasteiger partial charge in [0.1, 0.15) is 0 Å². The average molecular weight is 266 g/mol. The molecule has 4 nitrogen and oxygen atoms in total. The molecule has 108 valence electrons. The maximum Gasteiger partial charge on any atom is 0.0700 e. The quantitative estimate of drug-likeness (QED) is 0.522. The van der Waals surface area contributed by atoms with Crippen LogP contribution in [0.5, 0.6) is 0 Å². The normalized spacial score (nSPS) is 10.6. The molecular formula is C15H26N2O2. The van der Waals surface area contributed by atoms with Crippen molar-refractivity contribution in [3.05, 3.63) is 24.3 Å². The van der Waals surface area contributed by atoms with E-state index >= 15 is 0 Å². The van der Waals surface area contributed by atoms with E-state index in [0.29, 0.717) is 13.2 Å². The Hall–Kier alpha value is -1.26. The SMILES string of the molecule is CCCN(CCCOCCOC)c1ccc(N)cc1. The summed E-state index contributed by atoms with van der Waals surface area (Å²) in [6, 6.07) is 8.06. The smallest absolute Gasteiger partial charge is 0.0700 e. The number of benzene rings is 1. The first-order valence-corrected chi connectivity index (χ1v) is 6.95. The van der Waals surface area contributed by atoms with E-state index in [2.05, 4.69) is 24.0 Å². The fraction of sp³-hybridized carbons (Fsp3) is 0.600. The van der Waals surface area contributed by atoms with Crippen molar-refractivity contribution >= 4 is 11.4 Å². The molecular weight excluding hydrogens is 240 g/mol. The molecule has 0 spiro atoms. The van der Waals surface area contributed by atoms with E-state index in [1.165, 1.54) is 5.69 Å². The molecule has 1 rings (SSSR count). The first-order valence-electron chi connectivity index (χ1n) is 6.95. The highest BCUT2D eigenvalue weighted by molar-refractivity contribution is 5.53. The molecule has 0 bridgehead atoms. The number of ether oxygens (including phenoxy) is 2. The first-order chi connectivity index (χ1) is 9.27. The van der Waals surface area contributed by atoms with Crippen LogP contribution >= 0.6 is 0 Å². The van der Waals surface area contributed by atoms with Crippen molar-refractivity contribution in [2.75, 3.05) is 50.7 Å². The largest absolute Gasteiger partial charge is 0.399 e. The van der Waals surface area contributed by atoms with Gasteiger partial charge >= 0.3 is 0 Å². The van der Waals surface area contributed by atoms with Crippen LogP contribution in [-0.2, 0) is 9.47 Å². The average Bonchev–Trinajstić information content (AvgIpc) is 2.42. The van der Waals surface area contributed by atoms with E-state index in [1.54, 1.807) is 7.11 Å². The van der Waals surface area contributed by atoms with Gasteiger partial charge in [-0.2, -0.15) is 0 Å². The highest BCUT2D eigenvalue weighted by Gasteiger charge is 2.04. The minimum Gasteiger partial charge on any atom is -0.399 e. The molecule has 0 radical (unpaired) electrons. The molecule has 0 heterocycles. The number of hydrogen-bond acceptors (Lipinski definition) is 4. The molecule has 0 fully saturated rings. The van der Waals surface area contributed by atoms with Gasteiger partial charge < -0.3 is 20.1 Å². The number of nitrogens with zero attached hydrogens (tertiary/aromatic N) is 1. The number of anilines is 2. The molecule has 1 aromatic carbocycles. The first kappa shape index (κ1) is 15.8. The third kappa shape index (κ3) is 6.45. The van der Waals surface area contributed by atoms with E-state index in [-0.39, 0.29) is 0 Å². The van der Waals surface area contributed by atoms with Crippen molar-refractivity contribution in [3.8, 4) is 0 Å². The molecule has 19 heavy (non-hydrogen) atoms. The minimum absolute atomic E-state index is 0.663. The monoisotopic (exact) mass is 266 g/mol. The van der Waals surface area contributed by atoms with Gasteiger partial charge in [-0.05, 0) is 37.1 Å². The molecule has 0 saturated heterocycles. The van der Waals surface area contributed by atoms with E-state index in [1.807, 2.05) is 12.1 Å². The number of rotatable bonds is 10. The van der Waals surface area contributed by atoms with Crippen molar-refractivity contribution in [2.24, 2.45) is 0 Å². The summed E-state index contributed by atoms with van der Waals surface area (Å²) in [5.41, 5.74) is 7.76. The lowest BCUT2D eigenvalue weighted by molar-refractivity contribution is 0.0700. The molecule has 0 unspecified atom stereocenters. The number of methoxy groups -OCH3 is 1. The molecule has 0 aliphatic rings. The van der Waals surface area contributed by atoms with Gasteiger partial charge in [0.05, 0.1) is 13.2 Å². The maximum absolute atomic E-state index is 5.72. The molecule has 0 aromatic heterocycles. The lowest BCUT2D eigenvalue weighted by Crippen LogP contribution is -2.26. The van der Waals surface area contributed by atoms with Crippen LogP contribution < -0.4 is 10.6 Å². The second-order valence-corrected chi connectivity index (χ2v) is 4.54. The Balaban J connectivity index is 2.34. The Morgan fingerprint density at radius 3 is 2.42 bits per heavy atom. The second-order valence-electron chi connectivity index (χ2n) is 4.54. The summed E-state index contributed by atoms with van der Waals surface area (Å²) in [5, 5.41) is 0. The van der Waals surface area contributed by atoms with Gasteiger partial charge in [0.2, 0.25) is 0 Å². The summed E-state index contributed by atoms with van der Waals surface area (Å²) in [6.45, 7) is 6.37. The number of hydrogen-bond donors (Lipinski definition) is 1. The minimum atomic E-state index is 0.663. The highest BCUT2D eigenvalue weighted by atomic mass is 16.5. The zero-order valence-corrected chi connectivity index (χ0v) is 12.1. The zero-order chi connectivity index (χ0) is 13.9. The van der Waals surface area contributed by atoms with E-state index in [9.17, 15) is 0 Å². The van der Waals surface area contributed by atoms with Crippen molar-refractivity contribution in [1.82, 2.24) is 0 Å². The highest BCUT2D eigenvalue weighted by Crippen LogP contribution is 2.16. The van der Waals surface area contributed by atoms with Crippen LogP contribution in [0.25, 0.3) is 0 Å². The summed E-state index contributed by atoms with van der Waals surface area (Å²) in [6.07, 6.45) is 2.16. The molecule has 1 aromatic rings. The summed E-state index contributed by atoms with van der Waals surface area (Å²) in [5.74, 6) is 0. The van der Waals surface area contributed by atoms with E-state index in [4.69, 9.17) is 15.2 Å². The predicted molar refractivity (Wildman–Crippen MR) is 80.7 cm³/mol. The van der Waals surface area contributed by atoms with Gasteiger partial charge in [-0.1, -0.05) is 6.92 Å². The van der Waals surface area contributed by atoms with Crippen LogP contribution in [0.15, 0.2) is 24.3 Å². The van der Waals surface area contributed by atoms with Crippen LogP contribution in [0.2, 0.25) is 0 Å². The van der Waals surface area contributed by atoms with E-state index < -0.39 is 0 Å². The molecule has 0 amide bonds. The molecule has 0 saturated carbocycles. The Morgan fingerprint density at radius 1 is 1.05 bits per heavy atom. The number of nitrogens with two attached hydrogens (primary N) is 1. The van der Waals surface area contributed by atoms with Gasteiger partial charge in [0.25, 0.3) is 0 Å². The second kappa shape index (κ2) is 9.64. The maximum atomic E-state index is 5.72. The predicted octanol–water partition coefficient (Wildman–Crippen LogP) is 2.54. The molecule has 2 N–H and O–H groups in total. The number of nitrogen functional groups attached to an aromatic ring is 1. The van der Waals surface area contributed by atoms with Crippen molar-refractivity contribution in [2.45, 2.75) is 19.8 Å². The Kier molecular flexibility index (Phi) is 8.02. The van der Waals surface area contributed by atoms with Crippen molar-refractivity contribution < 1.29 is 9.47 Å². The van der Waals surface area contributed by atoms with Crippen LogP contribution in [0.1, 0.15) is 19.8 Å². The lowest BCUT2D eigenvalue weighted by atomic mass is 10.2. The molecule has 0 aliphatic carbocycles. The summed E-state index contributed by atoms with van der Waals surface area (Å²) >= 11 is 0. The third-order valence-electron chi connectivity index (χ3n) is 2.90. The van der Waals surface area contributed by atoms with Crippen LogP contribution in [0.3, 0.4) is 0 Å². The summed E-state index contributed by atoms with van der Waals surface area (Å²) < 4.78 is 10.4. The van der Waals surface area contributed by atoms with Crippen LogP contribution in [-0.4, -0.2) is 40.0 Å². The van der Waals surface area contributed by atoms with Gasteiger partial charge in [-0.15, -0.1) is 0 Å². The molecule has 4 heteroatoms. The zero-order valence-electron chi connectivity index (χ0n) is 12.1. The fourth-order valence-electron chi connectivity index (χ4n) is 1.93. The standard InChI is InChI=1S/C15H26N2O2/c1-3-9-17(10-4-11-19-13-12-18-2)15-7-5-14(16)6-8-15/h5-8H,3-4,9-13,16H2,1-2H3. The van der Waals surface area contributed by atoms with Gasteiger partial charge in [0.15, 0.2) is 0 Å². The summed E-state index contributed by atoms with van der Waals surface area (Å²) in [7, 11) is 1.69. The van der Waals surface area contributed by atoms with Crippen LogP contribution in [0.4, 0.5) is 11.4 Å². The Labute approximate surface area is 116 Å². The topological polar surface area (TPSA) is 47.7 Å². The van der Waals surface area contributed by atoms with Gasteiger partial charge in [-0.3, -0.25) is 0 Å². The van der Waals surface area contributed by atoms with Gasteiger partial charge in [-0.25, -0.2) is 0 Å². The fourth-order valence-corrected chi connectivity index (χ4v) is 1.93. The van der Waals surface area contributed by atoms with Gasteiger partial charge in [0, 0.05) is 38.2 Å².